The lowest BCUT2D eigenvalue weighted by Gasteiger charge is -2.15. The van der Waals surface area contributed by atoms with Crippen LogP contribution >= 0.6 is 22.9 Å². The predicted octanol–water partition coefficient (Wildman–Crippen LogP) is 2.85. The molecule has 0 aliphatic rings. The molecule has 0 bridgehead atoms. The van der Waals surface area contributed by atoms with E-state index in [4.69, 9.17) is 22.1 Å². The summed E-state index contributed by atoms with van der Waals surface area (Å²) in [7, 11) is 1.60. The van der Waals surface area contributed by atoms with Crippen LogP contribution in [0.25, 0.3) is 0 Å². The summed E-state index contributed by atoms with van der Waals surface area (Å²) in [5, 5.41) is 3.31. The smallest absolute Gasteiger partial charge is 0.125 e. The van der Waals surface area contributed by atoms with E-state index >= 15 is 0 Å². The maximum Gasteiger partial charge on any atom is 0.125 e. The van der Waals surface area contributed by atoms with E-state index < -0.39 is 0 Å². The molecule has 1 aromatic carbocycles. The Hall–Kier alpha value is -1.10. The molecule has 0 amide bonds. The topological polar surface area (TPSA) is 48.1 Å². The highest BCUT2D eigenvalue weighted by Crippen LogP contribution is 2.34. The Kier molecular flexibility index (Phi) is 3.43. The fraction of sp³-hybridized carbons (Fsp3) is 0.182. The van der Waals surface area contributed by atoms with Crippen LogP contribution in [0.15, 0.2) is 29.8 Å². The molecule has 1 heterocycles. The highest BCUT2D eigenvalue weighted by molar-refractivity contribution is 7.09. The zero-order valence-electron chi connectivity index (χ0n) is 8.68. The molecule has 0 radical (unpaired) electrons. The van der Waals surface area contributed by atoms with E-state index in [2.05, 4.69) is 4.98 Å². The van der Waals surface area contributed by atoms with Crippen molar-refractivity contribution in [3.05, 3.63) is 45.4 Å². The minimum atomic E-state index is -0.344. The van der Waals surface area contributed by atoms with Gasteiger partial charge >= 0.3 is 0 Å². The molecule has 3 nitrogen and oxygen atoms in total. The van der Waals surface area contributed by atoms with Crippen molar-refractivity contribution in [2.24, 2.45) is 5.73 Å². The van der Waals surface area contributed by atoms with Crippen LogP contribution in [-0.2, 0) is 0 Å². The van der Waals surface area contributed by atoms with Crippen molar-refractivity contribution in [1.82, 2.24) is 4.98 Å². The maximum atomic E-state index is 6.14. The molecule has 0 saturated heterocycles. The molecule has 0 fully saturated rings. The van der Waals surface area contributed by atoms with Gasteiger partial charge in [0.2, 0.25) is 0 Å². The molecular formula is C11H11ClN2OS. The first-order valence-corrected chi connectivity index (χ1v) is 5.97. The van der Waals surface area contributed by atoms with Crippen LogP contribution < -0.4 is 10.5 Å². The van der Waals surface area contributed by atoms with Crippen molar-refractivity contribution in [2.45, 2.75) is 6.04 Å². The average Bonchev–Trinajstić information content (AvgIpc) is 2.81. The zero-order chi connectivity index (χ0) is 11.5. The van der Waals surface area contributed by atoms with Crippen LogP contribution in [0, 0.1) is 0 Å². The van der Waals surface area contributed by atoms with Crippen LogP contribution in [0.4, 0.5) is 0 Å². The van der Waals surface area contributed by atoms with Gasteiger partial charge in [0, 0.05) is 22.2 Å². The molecule has 16 heavy (non-hydrogen) atoms. The van der Waals surface area contributed by atoms with E-state index in [-0.39, 0.29) is 6.04 Å². The van der Waals surface area contributed by atoms with Crippen molar-refractivity contribution in [3.63, 3.8) is 0 Å². The predicted molar refractivity (Wildman–Crippen MR) is 66.1 cm³/mol. The lowest BCUT2D eigenvalue weighted by molar-refractivity contribution is 0.408. The van der Waals surface area contributed by atoms with Gasteiger partial charge in [-0.3, -0.25) is 0 Å². The van der Waals surface area contributed by atoms with E-state index in [0.29, 0.717) is 10.8 Å². The molecule has 0 saturated carbocycles. The molecule has 84 valence electrons. The van der Waals surface area contributed by atoms with Gasteiger partial charge in [-0.25, -0.2) is 4.98 Å². The summed E-state index contributed by atoms with van der Waals surface area (Å²) < 4.78 is 5.26. The Bertz CT molecular complexity index is 473. The summed E-state index contributed by atoms with van der Waals surface area (Å²) in [5.74, 6) is 0.690. The zero-order valence-corrected chi connectivity index (χ0v) is 10.3. The Balaban J connectivity index is 2.47. The lowest BCUT2D eigenvalue weighted by Crippen LogP contribution is -2.13. The second-order valence-electron chi connectivity index (χ2n) is 3.20. The highest BCUT2D eigenvalue weighted by atomic mass is 35.5. The van der Waals surface area contributed by atoms with E-state index in [0.717, 1.165) is 10.6 Å². The van der Waals surface area contributed by atoms with Gasteiger partial charge in [0.15, 0.2) is 0 Å². The number of benzene rings is 1. The molecule has 5 heteroatoms. The third kappa shape index (κ3) is 2.04. The maximum absolute atomic E-state index is 6.14. The number of rotatable bonds is 3. The second-order valence-corrected chi connectivity index (χ2v) is 4.54. The number of halogens is 1. The van der Waals surface area contributed by atoms with Gasteiger partial charge in [-0.05, 0) is 12.1 Å². The number of aromatic nitrogens is 1. The first kappa shape index (κ1) is 11.4. The number of nitrogens with two attached hydrogens (primary N) is 1. The molecule has 0 aliphatic heterocycles. The molecule has 1 atom stereocenters. The Labute approximate surface area is 103 Å². The van der Waals surface area contributed by atoms with Gasteiger partial charge in [-0.2, -0.15) is 0 Å². The average molecular weight is 255 g/mol. The van der Waals surface area contributed by atoms with Crippen molar-refractivity contribution in [3.8, 4) is 5.75 Å². The number of hydrogen-bond acceptors (Lipinski definition) is 4. The molecule has 1 unspecified atom stereocenters. The Morgan fingerprint density at radius 2 is 2.31 bits per heavy atom. The minimum absolute atomic E-state index is 0.344. The molecule has 2 N–H and O–H groups in total. The van der Waals surface area contributed by atoms with Gasteiger partial charge in [-0.15, -0.1) is 11.3 Å². The molecule has 1 aromatic heterocycles. The van der Waals surface area contributed by atoms with E-state index in [1.165, 1.54) is 11.3 Å². The first-order chi connectivity index (χ1) is 7.74. The third-order valence-electron chi connectivity index (χ3n) is 2.26. The van der Waals surface area contributed by atoms with Crippen molar-refractivity contribution in [1.29, 1.82) is 0 Å². The van der Waals surface area contributed by atoms with E-state index in [1.807, 2.05) is 17.5 Å². The fourth-order valence-electron chi connectivity index (χ4n) is 1.51. The summed E-state index contributed by atoms with van der Waals surface area (Å²) in [6, 6.07) is 5.13. The van der Waals surface area contributed by atoms with Gasteiger partial charge in [0.05, 0.1) is 13.2 Å². The van der Waals surface area contributed by atoms with Crippen LogP contribution in [-0.4, -0.2) is 12.1 Å². The Morgan fingerprint density at radius 1 is 1.50 bits per heavy atom. The highest BCUT2D eigenvalue weighted by Gasteiger charge is 2.19. The van der Waals surface area contributed by atoms with Crippen LogP contribution in [0.1, 0.15) is 16.6 Å². The van der Waals surface area contributed by atoms with Gasteiger partial charge in [-0.1, -0.05) is 17.7 Å². The van der Waals surface area contributed by atoms with Crippen molar-refractivity contribution < 1.29 is 4.74 Å². The second kappa shape index (κ2) is 4.82. The number of thiazole rings is 1. The van der Waals surface area contributed by atoms with Crippen molar-refractivity contribution in [2.75, 3.05) is 7.11 Å². The molecule has 0 spiro atoms. The number of ether oxygens (including phenoxy) is 1. The van der Waals surface area contributed by atoms with Crippen LogP contribution in [0.3, 0.4) is 0 Å². The summed E-state index contributed by atoms with van der Waals surface area (Å²) in [6.07, 6.45) is 1.73. The number of nitrogens with zero attached hydrogens (tertiary/aromatic N) is 1. The SMILES string of the molecule is COc1cccc(Cl)c1C(N)c1nccs1. The van der Waals surface area contributed by atoms with E-state index in [1.54, 1.807) is 19.4 Å². The van der Waals surface area contributed by atoms with Gasteiger partial charge < -0.3 is 10.5 Å². The Morgan fingerprint density at radius 3 is 2.94 bits per heavy atom. The fourth-order valence-corrected chi connectivity index (χ4v) is 2.44. The third-order valence-corrected chi connectivity index (χ3v) is 3.45. The standard InChI is InChI=1S/C11H11ClN2OS/c1-15-8-4-2-3-7(12)9(8)10(13)11-14-5-6-16-11/h2-6,10H,13H2,1H3. The normalized spacial score (nSPS) is 12.4. The van der Waals surface area contributed by atoms with Crippen molar-refractivity contribution >= 4 is 22.9 Å². The lowest BCUT2D eigenvalue weighted by atomic mass is 10.1. The van der Waals surface area contributed by atoms with Gasteiger partial charge in [0.25, 0.3) is 0 Å². The monoisotopic (exact) mass is 254 g/mol. The summed E-state index contributed by atoms with van der Waals surface area (Å²) in [4.78, 5) is 4.19. The van der Waals surface area contributed by atoms with Gasteiger partial charge in [0.1, 0.15) is 10.8 Å². The number of methoxy groups -OCH3 is 1. The molecule has 2 rings (SSSR count). The molecular weight excluding hydrogens is 244 g/mol. The molecule has 2 aromatic rings. The quantitative estimate of drug-likeness (QED) is 0.916. The minimum Gasteiger partial charge on any atom is -0.496 e. The summed E-state index contributed by atoms with van der Waals surface area (Å²) in [5.41, 5.74) is 6.90. The summed E-state index contributed by atoms with van der Waals surface area (Å²) in [6.45, 7) is 0. The number of hydrogen-bond donors (Lipinski definition) is 1. The van der Waals surface area contributed by atoms with Crippen LogP contribution in [0.5, 0.6) is 5.75 Å². The molecule has 0 aliphatic carbocycles. The summed E-state index contributed by atoms with van der Waals surface area (Å²) >= 11 is 7.64. The first-order valence-electron chi connectivity index (χ1n) is 4.71. The largest absolute Gasteiger partial charge is 0.496 e. The van der Waals surface area contributed by atoms with E-state index in [9.17, 15) is 0 Å². The van der Waals surface area contributed by atoms with Crippen LogP contribution in [0.2, 0.25) is 5.02 Å².